The van der Waals surface area contributed by atoms with Gasteiger partial charge in [0.25, 0.3) is 0 Å². The average molecular weight is 317 g/mol. The van der Waals surface area contributed by atoms with Gasteiger partial charge in [-0.15, -0.1) is 0 Å². The SMILES string of the molecule is CCC(Br)C(=O)Nc1ccc(F)c(NC(C)=O)c1. The molecule has 0 aliphatic heterocycles. The van der Waals surface area contributed by atoms with Crippen LogP contribution >= 0.6 is 15.9 Å². The second-order valence-electron chi connectivity index (χ2n) is 3.74. The molecule has 2 amide bonds. The van der Waals surface area contributed by atoms with Crippen LogP contribution in [0.3, 0.4) is 0 Å². The van der Waals surface area contributed by atoms with Gasteiger partial charge in [-0.3, -0.25) is 9.59 Å². The molecule has 0 radical (unpaired) electrons. The smallest absolute Gasteiger partial charge is 0.238 e. The number of carbonyl (C=O) groups excluding carboxylic acids is 2. The van der Waals surface area contributed by atoms with Crippen LogP contribution in [0.1, 0.15) is 20.3 Å². The number of benzene rings is 1. The van der Waals surface area contributed by atoms with Crippen molar-refractivity contribution in [1.29, 1.82) is 0 Å². The van der Waals surface area contributed by atoms with Crippen molar-refractivity contribution < 1.29 is 14.0 Å². The number of nitrogens with one attached hydrogen (secondary N) is 2. The molecule has 6 heteroatoms. The summed E-state index contributed by atoms with van der Waals surface area (Å²) in [6.45, 7) is 3.16. The van der Waals surface area contributed by atoms with Crippen LogP contribution in [-0.2, 0) is 9.59 Å². The van der Waals surface area contributed by atoms with Crippen molar-refractivity contribution in [3.8, 4) is 0 Å². The summed E-state index contributed by atoms with van der Waals surface area (Å²) in [5.41, 5.74) is 0.478. The number of amides is 2. The minimum absolute atomic E-state index is 0.0444. The number of anilines is 2. The highest BCUT2D eigenvalue weighted by atomic mass is 79.9. The fourth-order valence-electron chi connectivity index (χ4n) is 1.29. The quantitative estimate of drug-likeness (QED) is 0.839. The summed E-state index contributed by atoms with van der Waals surface area (Å²) >= 11 is 3.22. The summed E-state index contributed by atoms with van der Waals surface area (Å²) in [6.07, 6.45) is 0.644. The van der Waals surface area contributed by atoms with Crippen molar-refractivity contribution in [2.45, 2.75) is 25.1 Å². The van der Waals surface area contributed by atoms with Gasteiger partial charge in [0.2, 0.25) is 11.8 Å². The lowest BCUT2D eigenvalue weighted by molar-refractivity contribution is -0.116. The molecule has 0 heterocycles. The third-order valence-electron chi connectivity index (χ3n) is 2.19. The summed E-state index contributed by atoms with van der Waals surface area (Å²) in [5, 5.41) is 4.98. The largest absolute Gasteiger partial charge is 0.325 e. The van der Waals surface area contributed by atoms with Crippen LogP contribution in [0.25, 0.3) is 0 Å². The van der Waals surface area contributed by atoms with Crippen LogP contribution < -0.4 is 10.6 Å². The molecule has 0 saturated heterocycles. The van der Waals surface area contributed by atoms with Gasteiger partial charge in [0, 0.05) is 12.6 Å². The summed E-state index contributed by atoms with van der Waals surface area (Å²) in [7, 11) is 0. The van der Waals surface area contributed by atoms with Gasteiger partial charge in [-0.25, -0.2) is 4.39 Å². The van der Waals surface area contributed by atoms with Crippen LogP contribution in [-0.4, -0.2) is 16.6 Å². The zero-order chi connectivity index (χ0) is 13.7. The van der Waals surface area contributed by atoms with Crippen LogP contribution in [0.15, 0.2) is 18.2 Å². The molecule has 0 saturated carbocycles. The molecule has 1 atom stereocenters. The second-order valence-corrected chi connectivity index (χ2v) is 4.85. The van der Waals surface area contributed by atoms with Gasteiger partial charge < -0.3 is 10.6 Å². The van der Waals surface area contributed by atoms with Crippen molar-refractivity contribution in [3.63, 3.8) is 0 Å². The molecule has 2 N–H and O–H groups in total. The van der Waals surface area contributed by atoms with Crippen LogP contribution in [0.4, 0.5) is 15.8 Å². The molecule has 0 aliphatic rings. The Labute approximate surface area is 113 Å². The first-order valence-electron chi connectivity index (χ1n) is 5.46. The van der Waals surface area contributed by atoms with Gasteiger partial charge in [-0.1, -0.05) is 22.9 Å². The molecule has 18 heavy (non-hydrogen) atoms. The van der Waals surface area contributed by atoms with E-state index < -0.39 is 5.82 Å². The summed E-state index contributed by atoms with van der Waals surface area (Å²) in [4.78, 5) is 22.2. The van der Waals surface area contributed by atoms with Gasteiger partial charge in [-0.05, 0) is 24.6 Å². The van der Waals surface area contributed by atoms with Crippen molar-refractivity contribution >= 4 is 39.1 Å². The van der Waals surface area contributed by atoms with Gasteiger partial charge in [-0.2, -0.15) is 0 Å². The summed E-state index contributed by atoms with van der Waals surface area (Å²) in [6, 6.07) is 4.01. The van der Waals surface area contributed by atoms with Gasteiger partial charge in [0.1, 0.15) is 5.82 Å². The predicted molar refractivity (Wildman–Crippen MR) is 72.3 cm³/mol. The Bertz CT molecular complexity index is 465. The molecule has 1 aromatic carbocycles. The first-order chi connectivity index (χ1) is 8.43. The second kappa shape index (κ2) is 6.49. The topological polar surface area (TPSA) is 58.2 Å². The van der Waals surface area contributed by atoms with E-state index in [0.29, 0.717) is 12.1 Å². The maximum Gasteiger partial charge on any atom is 0.238 e. The molecule has 1 rings (SSSR count). The highest BCUT2D eigenvalue weighted by Gasteiger charge is 2.13. The fourth-order valence-corrected chi connectivity index (χ4v) is 1.41. The lowest BCUT2D eigenvalue weighted by atomic mass is 10.2. The third-order valence-corrected chi connectivity index (χ3v) is 3.25. The first-order valence-corrected chi connectivity index (χ1v) is 6.37. The Morgan fingerprint density at radius 3 is 2.61 bits per heavy atom. The molecule has 0 fully saturated rings. The summed E-state index contributed by atoms with van der Waals surface area (Å²) < 4.78 is 13.4. The normalized spacial score (nSPS) is 11.8. The lowest BCUT2D eigenvalue weighted by Gasteiger charge is -2.11. The van der Waals surface area contributed by atoms with Crippen LogP contribution in [0.2, 0.25) is 0 Å². The van der Waals surface area contributed by atoms with Crippen molar-refractivity contribution in [3.05, 3.63) is 24.0 Å². The van der Waals surface area contributed by atoms with Gasteiger partial charge in [0.05, 0.1) is 10.5 Å². The predicted octanol–water partition coefficient (Wildman–Crippen LogP) is 2.90. The van der Waals surface area contributed by atoms with Crippen LogP contribution in [0.5, 0.6) is 0 Å². The number of alkyl halides is 1. The van der Waals surface area contributed by atoms with Gasteiger partial charge in [0.15, 0.2) is 0 Å². The maximum absolute atomic E-state index is 13.4. The van der Waals surface area contributed by atoms with E-state index in [0.717, 1.165) is 0 Å². The highest BCUT2D eigenvalue weighted by Crippen LogP contribution is 2.20. The monoisotopic (exact) mass is 316 g/mol. The van der Waals surface area contributed by atoms with E-state index in [9.17, 15) is 14.0 Å². The average Bonchev–Trinajstić information content (AvgIpc) is 2.31. The number of carbonyl (C=O) groups is 2. The molecule has 1 aromatic rings. The van der Waals surface area contributed by atoms with E-state index in [-0.39, 0.29) is 22.3 Å². The van der Waals surface area contributed by atoms with E-state index in [1.54, 1.807) is 0 Å². The third kappa shape index (κ3) is 4.10. The molecule has 0 aliphatic carbocycles. The van der Waals surface area contributed by atoms with Gasteiger partial charge >= 0.3 is 0 Å². The molecule has 0 spiro atoms. The molecule has 98 valence electrons. The summed E-state index contributed by atoms with van der Waals surface area (Å²) in [5.74, 6) is -1.13. The lowest BCUT2D eigenvalue weighted by Crippen LogP contribution is -2.22. The number of rotatable bonds is 4. The van der Waals surface area contributed by atoms with E-state index in [2.05, 4.69) is 26.6 Å². The number of hydrogen-bond acceptors (Lipinski definition) is 2. The van der Waals surface area contributed by atoms with Crippen LogP contribution in [0, 0.1) is 5.82 Å². The Morgan fingerprint density at radius 2 is 2.06 bits per heavy atom. The molecule has 4 nitrogen and oxygen atoms in total. The van der Waals surface area contributed by atoms with Crippen molar-refractivity contribution in [2.75, 3.05) is 10.6 Å². The Balaban J connectivity index is 2.85. The zero-order valence-corrected chi connectivity index (χ0v) is 11.7. The van der Waals surface area contributed by atoms with Crippen molar-refractivity contribution in [2.24, 2.45) is 0 Å². The van der Waals surface area contributed by atoms with E-state index in [4.69, 9.17) is 0 Å². The Kier molecular flexibility index (Phi) is 5.27. The fraction of sp³-hybridized carbons (Fsp3) is 0.333. The standard InChI is InChI=1S/C12H14BrFN2O2/c1-3-9(13)12(18)16-8-4-5-10(14)11(6-8)15-7(2)17/h4-6,9H,3H2,1-2H3,(H,15,17)(H,16,18). The molecule has 1 unspecified atom stereocenters. The minimum atomic E-state index is -0.547. The first kappa shape index (κ1) is 14.6. The minimum Gasteiger partial charge on any atom is -0.325 e. The van der Waals surface area contributed by atoms with Crippen molar-refractivity contribution in [1.82, 2.24) is 0 Å². The van der Waals surface area contributed by atoms with E-state index in [1.165, 1.54) is 25.1 Å². The zero-order valence-electron chi connectivity index (χ0n) is 10.1. The number of halogens is 2. The maximum atomic E-state index is 13.4. The van der Waals surface area contributed by atoms with E-state index >= 15 is 0 Å². The van der Waals surface area contributed by atoms with E-state index in [1.807, 2.05) is 6.92 Å². The molecular formula is C12H14BrFN2O2. The molecule has 0 bridgehead atoms. The number of hydrogen-bond donors (Lipinski definition) is 2. The molecular weight excluding hydrogens is 303 g/mol. The Hall–Kier alpha value is -1.43. The Morgan fingerprint density at radius 1 is 1.39 bits per heavy atom. The highest BCUT2D eigenvalue weighted by molar-refractivity contribution is 9.10. The molecule has 0 aromatic heterocycles.